The van der Waals surface area contributed by atoms with Gasteiger partial charge < -0.3 is 14.4 Å². The molecule has 2 atom stereocenters. The monoisotopic (exact) mass is 423 g/mol. The second-order valence-electron chi connectivity index (χ2n) is 7.69. The molecule has 4 rings (SSSR count). The molecule has 0 spiro atoms. The van der Waals surface area contributed by atoms with Crippen molar-refractivity contribution in [3.63, 3.8) is 0 Å². The number of ether oxygens (including phenoxy) is 2. The molecule has 6 nitrogen and oxygen atoms in total. The van der Waals surface area contributed by atoms with Gasteiger partial charge in [0.05, 0.1) is 12.2 Å². The van der Waals surface area contributed by atoms with Crippen LogP contribution in [0.25, 0.3) is 0 Å². The summed E-state index contributed by atoms with van der Waals surface area (Å²) in [5.41, 5.74) is 2.69. The zero-order chi connectivity index (χ0) is 21.1. The zero-order valence-electron chi connectivity index (χ0n) is 17.4. The van der Waals surface area contributed by atoms with Crippen LogP contribution in [0.4, 0.5) is 0 Å². The first-order valence-corrected chi connectivity index (χ1v) is 10.8. The Labute approximate surface area is 180 Å². The molecular weight excluding hydrogens is 398 g/mol. The molecule has 2 aromatic carbocycles. The largest absolute Gasteiger partial charge is 0.430 e. The zero-order valence-corrected chi connectivity index (χ0v) is 18.2. The first-order chi connectivity index (χ1) is 14.5. The van der Waals surface area contributed by atoms with Crippen molar-refractivity contribution >= 4 is 17.4 Å². The molecule has 1 aliphatic rings. The Bertz CT molecular complexity index is 1010. The van der Waals surface area contributed by atoms with Crippen LogP contribution in [0.5, 0.6) is 10.9 Å². The summed E-state index contributed by atoms with van der Waals surface area (Å²) in [4.78, 5) is 19.3. The second kappa shape index (κ2) is 8.93. The molecule has 0 unspecified atom stereocenters. The molecule has 1 amide bonds. The summed E-state index contributed by atoms with van der Waals surface area (Å²) in [5.74, 6) is 1.34. The summed E-state index contributed by atoms with van der Waals surface area (Å²) in [6.45, 7) is 7.11. The normalized spacial score (nSPS) is 19.0. The molecule has 0 radical (unpaired) electrons. The van der Waals surface area contributed by atoms with E-state index >= 15 is 0 Å². The number of aryl methyl sites for hydroxylation is 1. The van der Waals surface area contributed by atoms with Gasteiger partial charge >= 0.3 is 0 Å². The molecule has 1 aromatic heterocycles. The lowest BCUT2D eigenvalue weighted by Crippen LogP contribution is -2.48. The topological polar surface area (TPSA) is 64.6 Å². The van der Waals surface area contributed by atoms with Crippen molar-refractivity contribution in [3.05, 3.63) is 71.0 Å². The Hall–Kier alpha value is -2.77. The third kappa shape index (κ3) is 4.86. The lowest BCUT2D eigenvalue weighted by Gasteiger charge is -2.35. The van der Waals surface area contributed by atoms with Gasteiger partial charge in [0.25, 0.3) is 11.1 Å². The molecule has 3 aromatic rings. The fourth-order valence-corrected chi connectivity index (χ4v) is 4.16. The summed E-state index contributed by atoms with van der Waals surface area (Å²) < 4.78 is 16.1. The van der Waals surface area contributed by atoms with Crippen molar-refractivity contribution in [3.8, 4) is 10.9 Å². The van der Waals surface area contributed by atoms with E-state index in [1.165, 1.54) is 11.5 Å². The van der Waals surface area contributed by atoms with Gasteiger partial charge in [-0.1, -0.05) is 36.4 Å². The summed E-state index contributed by atoms with van der Waals surface area (Å²) in [7, 11) is 0. The number of carbonyl (C=O) groups is 1. The van der Waals surface area contributed by atoms with Crippen LogP contribution in [0.1, 0.15) is 41.2 Å². The van der Waals surface area contributed by atoms with Crippen LogP contribution in [-0.2, 0) is 11.2 Å². The number of nitrogens with zero attached hydrogens (tertiary/aromatic N) is 3. The SMILES string of the molecule is Cc1ccc(C(=O)N2C[C@@H](C)O[C@@H](C)C2)cc1Oc1nc(Cc2ccccc2)ns1. The van der Waals surface area contributed by atoms with Crippen LogP contribution in [0.15, 0.2) is 48.5 Å². The summed E-state index contributed by atoms with van der Waals surface area (Å²) in [6, 6.07) is 15.6. The molecule has 1 fully saturated rings. The van der Waals surface area contributed by atoms with Crippen molar-refractivity contribution in [1.82, 2.24) is 14.3 Å². The molecule has 1 aliphatic heterocycles. The smallest absolute Gasteiger partial charge is 0.298 e. The summed E-state index contributed by atoms with van der Waals surface area (Å²) in [5, 5.41) is 0.474. The van der Waals surface area contributed by atoms with E-state index in [0.717, 1.165) is 17.0 Å². The van der Waals surface area contributed by atoms with E-state index < -0.39 is 0 Å². The number of carbonyl (C=O) groups excluding carboxylic acids is 1. The van der Waals surface area contributed by atoms with E-state index in [1.54, 1.807) is 6.07 Å². The Kier molecular flexibility index (Phi) is 6.11. The van der Waals surface area contributed by atoms with E-state index in [1.807, 2.05) is 68.1 Å². The number of hydrogen-bond donors (Lipinski definition) is 0. The minimum Gasteiger partial charge on any atom is -0.430 e. The van der Waals surface area contributed by atoms with Crippen LogP contribution in [0, 0.1) is 6.92 Å². The molecule has 7 heteroatoms. The maximum absolute atomic E-state index is 13.0. The van der Waals surface area contributed by atoms with Gasteiger partial charge in [0.2, 0.25) is 0 Å². The second-order valence-corrected chi connectivity index (χ2v) is 8.40. The van der Waals surface area contributed by atoms with Gasteiger partial charge in [-0.15, -0.1) is 0 Å². The lowest BCUT2D eigenvalue weighted by atomic mass is 10.1. The van der Waals surface area contributed by atoms with Crippen LogP contribution in [0.2, 0.25) is 0 Å². The Morgan fingerprint density at radius 1 is 1.17 bits per heavy atom. The van der Waals surface area contributed by atoms with Crippen molar-refractivity contribution in [2.45, 2.75) is 39.4 Å². The molecule has 0 aliphatic carbocycles. The predicted molar refractivity (Wildman–Crippen MR) is 116 cm³/mol. The summed E-state index contributed by atoms with van der Waals surface area (Å²) >= 11 is 1.22. The van der Waals surface area contributed by atoms with Crippen molar-refractivity contribution in [1.29, 1.82) is 0 Å². The summed E-state index contributed by atoms with van der Waals surface area (Å²) in [6.07, 6.45) is 0.720. The number of morpholine rings is 1. The number of rotatable bonds is 5. The number of hydrogen-bond acceptors (Lipinski definition) is 6. The molecule has 1 saturated heterocycles. The maximum atomic E-state index is 13.0. The van der Waals surface area contributed by atoms with E-state index in [2.05, 4.69) is 9.36 Å². The van der Waals surface area contributed by atoms with Crippen LogP contribution < -0.4 is 4.74 Å². The van der Waals surface area contributed by atoms with E-state index in [0.29, 0.717) is 36.0 Å². The van der Waals surface area contributed by atoms with Crippen molar-refractivity contribution < 1.29 is 14.3 Å². The molecule has 0 bridgehead atoms. The van der Waals surface area contributed by atoms with Crippen LogP contribution >= 0.6 is 11.5 Å². The van der Waals surface area contributed by atoms with Crippen molar-refractivity contribution in [2.24, 2.45) is 0 Å². The fraction of sp³-hybridized carbons (Fsp3) is 0.348. The third-order valence-corrected chi connectivity index (χ3v) is 5.63. The van der Waals surface area contributed by atoms with E-state index in [4.69, 9.17) is 9.47 Å². The van der Waals surface area contributed by atoms with Crippen LogP contribution in [-0.4, -0.2) is 45.5 Å². The van der Waals surface area contributed by atoms with Gasteiger partial charge in [0, 0.05) is 36.6 Å². The molecule has 30 heavy (non-hydrogen) atoms. The van der Waals surface area contributed by atoms with Gasteiger partial charge in [-0.3, -0.25) is 4.79 Å². The third-order valence-electron chi connectivity index (χ3n) is 4.99. The molecule has 2 heterocycles. The van der Waals surface area contributed by atoms with Crippen molar-refractivity contribution in [2.75, 3.05) is 13.1 Å². The molecule has 156 valence electrons. The minimum absolute atomic E-state index is 0.0103. The van der Waals surface area contributed by atoms with Gasteiger partial charge in [-0.05, 0) is 44.0 Å². The molecule has 0 saturated carbocycles. The van der Waals surface area contributed by atoms with Gasteiger partial charge in [0.15, 0.2) is 5.82 Å². The first kappa shape index (κ1) is 20.5. The first-order valence-electron chi connectivity index (χ1n) is 10.1. The Morgan fingerprint density at radius 3 is 2.63 bits per heavy atom. The number of amides is 1. The fourth-order valence-electron chi connectivity index (χ4n) is 3.59. The lowest BCUT2D eigenvalue weighted by molar-refractivity contribution is -0.0586. The quantitative estimate of drug-likeness (QED) is 0.605. The highest BCUT2D eigenvalue weighted by Crippen LogP contribution is 2.28. The van der Waals surface area contributed by atoms with Gasteiger partial charge in [0.1, 0.15) is 5.75 Å². The van der Waals surface area contributed by atoms with Gasteiger partial charge in [-0.25, -0.2) is 0 Å². The standard InChI is InChI=1S/C23H25N3O3S/c1-15-9-10-19(22(27)26-13-16(2)28-17(3)14-26)12-20(15)29-23-24-21(25-30-23)11-18-7-5-4-6-8-18/h4-10,12,16-17H,11,13-14H2,1-3H3/t16-,17+. The van der Waals surface area contributed by atoms with E-state index in [9.17, 15) is 4.79 Å². The number of aromatic nitrogens is 2. The highest BCUT2D eigenvalue weighted by atomic mass is 32.1. The average molecular weight is 424 g/mol. The number of benzene rings is 2. The van der Waals surface area contributed by atoms with Gasteiger partial charge in [-0.2, -0.15) is 9.36 Å². The van der Waals surface area contributed by atoms with Crippen LogP contribution in [0.3, 0.4) is 0 Å². The highest BCUT2D eigenvalue weighted by Gasteiger charge is 2.27. The Balaban J connectivity index is 1.48. The predicted octanol–water partition coefficient (Wildman–Crippen LogP) is 4.48. The molecular formula is C23H25N3O3S. The average Bonchev–Trinajstić information content (AvgIpc) is 3.16. The Morgan fingerprint density at radius 2 is 1.90 bits per heavy atom. The maximum Gasteiger partial charge on any atom is 0.298 e. The highest BCUT2D eigenvalue weighted by molar-refractivity contribution is 7.07. The van der Waals surface area contributed by atoms with E-state index in [-0.39, 0.29) is 18.1 Å². The minimum atomic E-state index is -0.0103. The molecule has 0 N–H and O–H groups in total.